The van der Waals surface area contributed by atoms with Gasteiger partial charge in [0, 0.05) is 6.04 Å². The van der Waals surface area contributed by atoms with Crippen LogP contribution in [-0.2, 0) is 0 Å². The van der Waals surface area contributed by atoms with Gasteiger partial charge in [0.2, 0.25) is 0 Å². The van der Waals surface area contributed by atoms with E-state index in [9.17, 15) is 0 Å². The van der Waals surface area contributed by atoms with E-state index >= 15 is 0 Å². The van der Waals surface area contributed by atoms with Gasteiger partial charge < -0.3 is 20.4 Å². The second kappa shape index (κ2) is 8.01. The monoisotopic (exact) mass is 230 g/mol. The molecule has 0 aromatic rings. The topological polar surface area (TPSA) is 55.7 Å². The first-order valence-corrected chi connectivity index (χ1v) is 6.50. The van der Waals surface area contributed by atoms with Crippen molar-refractivity contribution >= 4 is 0 Å². The average molecular weight is 230 g/mol. The summed E-state index contributed by atoms with van der Waals surface area (Å²) in [6.07, 6.45) is 4.70. The Bertz CT molecular complexity index is 174. The number of rotatable bonds is 6. The molecular formula is C12H26N2O2. The maximum atomic E-state index is 9.03. The molecule has 4 heteroatoms. The number of hydrogen-bond acceptors (Lipinski definition) is 4. The van der Waals surface area contributed by atoms with Gasteiger partial charge in [-0.2, -0.15) is 0 Å². The third kappa shape index (κ3) is 4.78. The molecule has 96 valence electrons. The number of nitrogens with zero attached hydrogens (tertiary/aromatic N) is 1. The Labute approximate surface area is 98.6 Å². The van der Waals surface area contributed by atoms with Crippen LogP contribution in [0.3, 0.4) is 0 Å². The highest BCUT2D eigenvalue weighted by Crippen LogP contribution is 2.11. The summed E-state index contributed by atoms with van der Waals surface area (Å²) in [5.74, 6) is 0. The molecule has 1 unspecified atom stereocenters. The fourth-order valence-electron chi connectivity index (χ4n) is 2.36. The van der Waals surface area contributed by atoms with E-state index in [1.54, 1.807) is 0 Å². The van der Waals surface area contributed by atoms with Crippen LogP contribution in [-0.4, -0.2) is 60.0 Å². The highest BCUT2D eigenvalue weighted by atomic mass is 16.3. The molecule has 0 radical (unpaired) electrons. The lowest BCUT2D eigenvalue weighted by Crippen LogP contribution is -2.43. The van der Waals surface area contributed by atoms with Gasteiger partial charge in [0.15, 0.2) is 0 Å². The molecule has 0 aromatic carbocycles. The summed E-state index contributed by atoms with van der Waals surface area (Å²) in [4.78, 5) is 2.51. The van der Waals surface area contributed by atoms with Crippen molar-refractivity contribution < 1.29 is 10.2 Å². The third-order valence-electron chi connectivity index (χ3n) is 3.27. The first kappa shape index (κ1) is 13.9. The van der Waals surface area contributed by atoms with Gasteiger partial charge in [0.1, 0.15) is 0 Å². The number of nitrogens with one attached hydrogen (secondary N) is 1. The van der Waals surface area contributed by atoms with Crippen molar-refractivity contribution in [2.45, 2.75) is 44.7 Å². The number of hydrogen-bond donors (Lipinski definition) is 3. The fraction of sp³-hybridized carbons (Fsp3) is 1.00. The molecule has 1 saturated heterocycles. The molecular weight excluding hydrogens is 204 g/mol. The smallest absolute Gasteiger partial charge is 0.0607 e. The molecule has 1 aliphatic rings. The van der Waals surface area contributed by atoms with Gasteiger partial charge in [-0.15, -0.1) is 0 Å². The lowest BCUT2D eigenvalue weighted by atomic mass is 10.1. The van der Waals surface area contributed by atoms with Gasteiger partial charge in [0.05, 0.1) is 19.3 Å². The quantitative estimate of drug-likeness (QED) is 0.610. The Morgan fingerprint density at radius 3 is 2.62 bits per heavy atom. The Morgan fingerprint density at radius 2 is 2.00 bits per heavy atom. The summed E-state index contributed by atoms with van der Waals surface area (Å²) < 4.78 is 0. The summed E-state index contributed by atoms with van der Waals surface area (Å²) in [7, 11) is 0. The van der Waals surface area contributed by atoms with Crippen LogP contribution in [0, 0.1) is 0 Å². The molecule has 0 spiro atoms. The van der Waals surface area contributed by atoms with Crippen LogP contribution in [0.1, 0.15) is 32.6 Å². The van der Waals surface area contributed by atoms with E-state index in [1.165, 1.54) is 25.9 Å². The minimum absolute atomic E-state index is 0.0195. The highest BCUT2D eigenvalue weighted by molar-refractivity contribution is 4.78. The fourth-order valence-corrected chi connectivity index (χ4v) is 2.36. The molecule has 1 aliphatic heterocycles. The lowest BCUT2D eigenvalue weighted by Gasteiger charge is -2.22. The Hall–Kier alpha value is -0.160. The van der Waals surface area contributed by atoms with E-state index in [0.717, 1.165) is 19.4 Å². The van der Waals surface area contributed by atoms with Crippen LogP contribution >= 0.6 is 0 Å². The zero-order valence-electron chi connectivity index (χ0n) is 10.4. The van der Waals surface area contributed by atoms with Gasteiger partial charge >= 0.3 is 0 Å². The predicted octanol–water partition coefficient (Wildman–Crippen LogP) is 0.194. The molecule has 0 bridgehead atoms. The standard InChI is InChI=1S/C12H26N2O2/c1-2-6-14-7-3-4-11(5-8-14)13-12(9-15)10-16/h11-13,15-16H,2-10H2,1H3. The maximum absolute atomic E-state index is 9.03. The molecule has 0 amide bonds. The molecule has 0 saturated carbocycles. The van der Waals surface area contributed by atoms with Crippen molar-refractivity contribution in [2.75, 3.05) is 32.8 Å². The molecule has 1 rings (SSSR count). The normalized spacial score (nSPS) is 23.6. The number of aliphatic hydroxyl groups is 2. The van der Waals surface area contributed by atoms with Crippen molar-refractivity contribution in [2.24, 2.45) is 0 Å². The van der Waals surface area contributed by atoms with Gasteiger partial charge in [-0.3, -0.25) is 0 Å². The summed E-state index contributed by atoms with van der Waals surface area (Å²) in [5.41, 5.74) is 0. The maximum Gasteiger partial charge on any atom is 0.0607 e. The van der Waals surface area contributed by atoms with Gasteiger partial charge in [-0.25, -0.2) is 0 Å². The largest absolute Gasteiger partial charge is 0.395 e. The van der Waals surface area contributed by atoms with E-state index in [2.05, 4.69) is 17.1 Å². The SMILES string of the molecule is CCCN1CCCC(NC(CO)CO)CC1. The zero-order chi connectivity index (χ0) is 11.8. The van der Waals surface area contributed by atoms with Gasteiger partial charge in [-0.05, 0) is 45.3 Å². The van der Waals surface area contributed by atoms with Crippen molar-refractivity contribution in [1.82, 2.24) is 10.2 Å². The zero-order valence-corrected chi connectivity index (χ0v) is 10.4. The molecule has 0 aliphatic carbocycles. The molecule has 3 N–H and O–H groups in total. The van der Waals surface area contributed by atoms with Crippen LogP contribution in [0.25, 0.3) is 0 Å². The molecule has 0 aromatic heterocycles. The second-order valence-electron chi connectivity index (χ2n) is 4.70. The van der Waals surface area contributed by atoms with E-state index in [1.807, 2.05) is 0 Å². The van der Waals surface area contributed by atoms with Gasteiger partial charge in [-0.1, -0.05) is 6.92 Å². The van der Waals surface area contributed by atoms with Crippen LogP contribution in [0.15, 0.2) is 0 Å². The third-order valence-corrected chi connectivity index (χ3v) is 3.27. The van der Waals surface area contributed by atoms with Crippen LogP contribution in [0.5, 0.6) is 0 Å². The van der Waals surface area contributed by atoms with E-state index < -0.39 is 0 Å². The average Bonchev–Trinajstić information content (AvgIpc) is 2.52. The van der Waals surface area contributed by atoms with E-state index in [-0.39, 0.29) is 19.3 Å². The van der Waals surface area contributed by atoms with E-state index in [4.69, 9.17) is 10.2 Å². The summed E-state index contributed by atoms with van der Waals surface area (Å²) in [6.45, 7) is 5.77. The lowest BCUT2D eigenvalue weighted by molar-refractivity contribution is 0.159. The van der Waals surface area contributed by atoms with Crippen LogP contribution < -0.4 is 5.32 Å². The first-order chi connectivity index (χ1) is 7.80. The summed E-state index contributed by atoms with van der Waals surface area (Å²) >= 11 is 0. The molecule has 1 atom stereocenters. The highest BCUT2D eigenvalue weighted by Gasteiger charge is 2.18. The van der Waals surface area contributed by atoms with Crippen molar-refractivity contribution in [3.8, 4) is 0 Å². The first-order valence-electron chi connectivity index (χ1n) is 6.50. The van der Waals surface area contributed by atoms with Crippen LogP contribution in [0.2, 0.25) is 0 Å². The van der Waals surface area contributed by atoms with Crippen LogP contribution in [0.4, 0.5) is 0 Å². The molecule has 1 heterocycles. The van der Waals surface area contributed by atoms with Crippen molar-refractivity contribution in [1.29, 1.82) is 0 Å². The predicted molar refractivity (Wildman–Crippen MR) is 65.5 cm³/mol. The second-order valence-corrected chi connectivity index (χ2v) is 4.70. The Balaban J connectivity index is 2.29. The number of aliphatic hydroxyl groups excluding tert-OH is 2. The van der Waals surface area contributed by atoms with Gasteiger partial charge in [0.25, 0.3) is 0 Å². The Morgan fingerprint density at radius 1 is 1.25 bits per heavy atom. The summed E-state index contributed by atoms with van der Waals surface area (Å²) in [6, 6.07) is 0.300. The summed E-state index contributed by atoms with van der Waals surface area (Å²) in [5, 5.41) is 21.4. The minimum atomic E-state index is -0.150. The van der Waals surface area contributed by atoms with Crippen molar-refractivity contribution in [3.63, 3.8) is 0 Å². The number of likely N-dealkylation sites (tertiary alicyclic amines) is 1. The van der Waals surface area contributed by atoms with Crippen molar-refractivity contribution in [3.05, 3.63) is 0 Å². The van der Waals surface area contributed by atoms with E-state index in [0.29, 0.717) is 6.04 Å². The Kier molecular flexibility index (Phi) is 6.96. The molecule has 4 nitrogen and oxygen atoms in total. The molecule has 1 fully saturated rings. The molecule has 16 heavy (non-hydrogen) atoms. The minimum Gasteiger partial charge on any atom is -0.395 e.